The third kappa shape index (κ3) is 2.56. The zero-order valence-corrected chi connectivity index (χ0v) is 10.5. The molecular formula is C13H7BrF4. The van der Waals surface area contributed by atoms with Gasteiger partial charge >= 0.3 is 0 Å². The first kappa shape index (κ1) is 13.1. The van der Waals surface area contributed by atoms with Gasteiger partial charge in [0.2, 0.25) is 0 Å². The second-order valence-electron chi connectivity index (χ2n) is 3.70. The van der Waals surface area contributed by atoms with Gasteiger partial charge in [-0.25, -0.2) is 17.6 Å². The molecular weight excluding hydrogens is 312 g/mol. The minimum absolute atomic E-state index is 0.345. The van der Waals surface area contributed by atoms with Gasteiger partial charge in [-0.1, -0.05) is 28.1 Å². The zero-order chi connectivity index (χ0) is 13.3. The van der Waals surface area contributed by atoms with Crippen LogP contribution in [0.1, 0.15) is 16.0 Å². The van der Waals surface area contributed by atoms with Crippen molar-refractivity contribution in [2.24, 2.45) is 0 Å². The van der Waals surface area contributed by atoms with Crippen molar-refractivity contribution in [2.75, 3.05) is 0 Å². The van der Waals surface area contributed by atoms with Crippen LogP contribution in [0.5, 0.6) is 0 Å². The summed E-state index contributed by atoms with van der Waals surface area (Å²) in [6.07, 6.45) is 0. The molecule has 0 N–H and O–H groups in total. The van der Waals surface area contributed by atoms with Crippen molar-refractivity contribution < 1.29 is 17.6 Å². The maximum absolute atomic E-state index is 13.5. The average molecular weight is 319 g/mol. The van der Waals surface area contributed by atoms with Gasteiger partial charge in [0.05, 0.1) is 4.83 Å². The predicted octanol–water partition coefficient (Wildman–Crippen LogP) is 4.73. The van der Waals surface area contributed by atoms with Gasteiger partial charge in [0.25, 0.3) is 0 Å². The van der Waals surface area contributed by atoms with Crippen molar-refractivity contribution in [3.63, 3.8) is 0 Å². The molecule has 1 atom stereocenters. The van der Waals surface area contributed by atoms with E-state index in [4.69, 9.17) is 0 Å². The molecule has 0 saturated heterocycles. The Morgan fingerprint density at radius 3 is 2.00 bits per heavy atom. The highest BCUT2D eigenvalue weighted by Crippen LogP contribution is 2.34. The molecule has 0 saturated carbocycles. The van der Waals surface area contributed by atoms with Gasteiger partial charge < -0.3 is 0 Å². The molecule has 0 spiro atoms. The molecule has 0 aliphatic carbocycles. The molecule has 0 fully saturated rings. The molecule has 18 heavy (non-hydrogen) atoms. The molecule has 2 aromatic rings. The van der Waals surface area contributed by atoms with E-state index >= 15 is 0 Å². The predicted molar refractivity (Wildman–Crippen MR) is 63.5 cm³/mol. The van der Waals surface area contributed by atoms with Crippen molar-refractivity contribution >= 4 is 15.9 Å². The lowest BCUT2D eigenvalue weighted by Gasteiger charge is -2.13. The molecule has 94 valence electrons. The van der Waals surface area contributed by atoms with Gasteiger partial charge in [-0.05, 0) is 17.7 Å². The van der Waals surface area contributed by atoms with E-state index in [1.165, 1.54) is 18.2 Å². The Kier molecular flexibility index (Phi) is 3.71. The van der Waals surface area contributed by atoms with Crippen molar-refractivity contribution in [3.05, 3.63) is 70.8 Å². The number of hydrogen-bond donors (Lipinski definition) is 0. The van der Waals surface area contributed by atoms with Crippen molar-refractivity contribution in [1.82, 2.24) is 0 Å². The topological polar surface area (TPSA) is 0 Å². The first-order valence-corrected chi connectivity index (χ1v) is 5.94. The summed E-state index contributed by atoms with van der Waals surface area (Å²) < 4.78 is 52.9. The van der Waals surface area contributed by atoms with Crippen molar-refractivity contribution in [2.45, 2.75) is 4.83 Å². The van der Waals surface area contributed by atoms with Crippen LogP contribution in [0.15, 0.2) is 36.4 Å². The summed E-state index contributed by atoms with van der Waals surface area (Å²) in [5.74, 6) is -3.54. The fourth-order valence-electron chi connectivity index (χ4n) is 1.63. The largest absolute Gasteiger partial charge is 0.207 e. The van der Waals surface area contributed by atoms with E-state index in [0.29, 0.717) is 17.7 Å². The lowest BCUT2D eigenvalue weighted by molar-refractivity contribution is 0.527. The second-order valence-corrected chi connectivity index (χ2v) is 4.62. The Labute approximate surface area is 109 Å². The molecule has 1 unspecified atom stereocenters. The van der Waals surface area contributed by atoms with E-state index in [1.807, 2.05) is 0 Å². The van der Waals surface area contributed by atoms with Crippen LogP contribution < -0.4 is 0 Å². The average Bonchev–Trinajstić information content (AvgIpc) is 2.27. The summed E-state index contributed by atoms with van der Waals surface area (Å²) in [4.78, 5) is -0.881. The quantitative estimate of drug-likeness (QED) is 0.555. The Balaban J connectivity index is 2.49. The molecule has 5 heteroatoms. The Hall–Kier alpha value is -1.36. The van der Waals surface area contributed by atoms with Gasteiger partial charge in [-0.15, -0.1) is 0 Å². The monoisotopic (exact) mass is 318 g/mol. The molecule has 0 radical (unpaired) electrons. The van der Waals surface area contributed by atoms with E-state index in [0.717, 1.165) is 6.07 Å². The maximum Gasteiger partial charge on any atom is 0.133 e. The highest BCUT2D eigenvalue weighted by molar-refractivity contribution is 9.09. The van der Waals surface area contributed by atoms with Gasteiger partial charge in [-0.2, -0.15) is 0 Å². The summed E-state index contributed by atoms with van der Waals surface area (Å²) in [6.45, 7) is 0. The molecule has 2 aromatic carbocycles. The number of hydrogen-bond acceptors (Lipinski definition) is 0. The van der Waals surface area contributed by atoms with Gasteiger partial charge in [0, 0.05) is 17.7 Å². The molecule has 0 heterocycles. The summed E-state index contributed by atoms with van der Waals surface area (Å²) in [5, 5.41) is 0. The SMILES string of the molecule is Fc1cccc(C(Br)c2c(F)cc(F)cc2F)c1. The zero-order valence-electron chi connectivity index (χ0n) is 8.93. The summed E-state index contributed by atoms with van der Waals surface area (Å²) >= 11 is 3.09. The summed E-state index contributed by atoms with van der Waals surface area (Å²) in [6, 6.07) is 6.50. The van der Waals surface area contributed by atoms with Crippen molar-refractivity contribution in [1.29, 1.82) is 0 Å². The minimum Gasteiger partial charge on any atom is -0.207 e. The second kappa shape index (κ2) is 5.10. The summed E-state index contributed by atoms with van der Waals surface area (Å²) in [7, 11) is 0. The van der Waals surface area contributed by atoms with Crippen LogP contribution in [0.2, 0.25) is 0 Å². The lowest BCUT2D eigenvalue weighted by Crippen LogP contribution is -2.02. The molecule has 0 aliphatic heterocycles. The molecule has 2 rings (SSSR count). The number of halogens is 5. The Bertz CT molecular complexity index is 560. The maximum atomic E-state index is 13.5. The van der Waals surface area contributed by atoms with Crippen LogP contribution in [0.3, 0.4) is 0 Å². The number of benzene rings is 2. The van der Waals surface area contributed by atoms with E-state index in [-0.39, 0.29) is 5.56 Å². The van der Waals surface area contributed by atoms with Crippen LogP contribution in [-0.2, 0) is 0 Å². The van der Waals surface area contributed by atoms with Gasteiger partial charge in [0.15, 0.2) is 0 Å². The Morgan fingerprint density at radius 2 is 1.44 bits per heavy atom. The number of alkyl halides is 1. The third-order valence-corrected chi connectivity index (χ3v) is 3.43. The fraction of sp³-hybridized carbons (Fsp3) is 0.0769. The van der Waals surface area contributed by atoms with Crippen LogP contribution in [-0.4, -0.2) is 0 Å². The lowest BCUT2D eigenvalue weighted by atomic mass is 10.0. The standard InChI is InChI=1S/C13H7BrF4/c14-13(7-2-1-3-8(15)4-7)12-10(17)5-9(16)6-11(12)18/h1-6,13H. The summed E-state index contributed by atoms with van der Waals surface area (Å²) in [5.41, 5.74) is 0.00130. The molecule has 0 aliphatic rings. The van der Waals surface area contributed by atoms with E-state index in [1.54, 1.807) is 0 Å². The van der Waals surface area contributed by atoms with Gasteiger partial charge in [0.1, 0.15) is 23.3 Å². The van der Waals surface area contributed by atoms with Crippen LogP contribution >= 0.6 is 15.9 Å². The minimum atomic E-state index is -1.02. The van der Waals surface area contributed by atoms with E-state index in [2.05, 4.69) is 15.9 Å². The first-order valence-electron chi connectivity index (χ1n) is 5.03. The molecule has 0 bridgehead atoms. The molecule has 0 amide bonds. The van der Waals surface area contributed by atoms with Crippen LogP contribution in [0, 0.1) is 23.3 Å². The molecule has 0 nitrogen and oxygen atoms in total. The van der Waals surface area contributed by atoms with Gasteiger partial charge in [-0.3, -0.25) is 0 Å². The van der Waals surface area contributed by atoms with E-state index < -0.39 is 28.1 Å². The molecule has 0 aromatic heterocycles. The number of rotatable bonds is 2. The third-order valence-electron chi connectivity index (χ3n) is 2.44. The van der Waals surface area contributed by atoms with Crippen molar-refractivity contribution in [3.8, 4) is 0 Å². The normalized spacial score (nSPS) is 12.5. The fourth-order valence-corrected chi connectivity index (χ4v) is 2.35. The highest BCUT2D eigenvalue weighted by Gasteiger charge is 2.21. The first-order chi connectivity index (χ1) is 8.49. The highest BCUT2D eigenvalue weighted by atomic mass is 79.9. The smallest absolute Gasteiger partial charge is 0.133 e. The van der Waals surface area contributed by atoms with Crippen LogP contribution in [0.4, 0.5) is 17.6 Å². The van der Waals surface area contributed by atoms with E-state index in [9.17, 15) is 17.6 Å². The Morgan fingerprint density at radius 1 is 0.833 bits per heavy atom. The van der Waals surface area contributed by atoms with Crippen LogP contribution in [0.25, 0.3) is 0 Å².